The lowest BCUT2D eigenvalue weighted by Crippen LogP contribution is -2.67. The minimum atomic E-state index is -2.16. The summed E-state index contributed by atoms with van der Waals surface area (Å²) in [5.41, 5.74) is -6.62. The van der Waals surface area contributed by atoms with E-state index in [2.05, 4.69) is 0 Å². The van der Waals surface area contributed by atoms with Crippen molar-refractivity contribution in [2.45, 2.75) is 117 Å². The van der Waals surface area contributed by atoms with Crippen LogP contribution in [0.15, 0.2) is 23.8 Å². The molecule has 0 heterocycles. The number of esters is 1. The average Bonchev–Trinajstić information content (AvgIpc) is 2.99. The van der Waals surface area contributed by atoms with E-state index < -0.39 is 86.8 Å². The second kappa shape index (κ2) is 9.55. The van der Waals surface area contributed by atoms with Gasteiger partial charge in [-0.3, -0.25) is 14.4 Å². The molecule has 5 N–H and O–H groups in total. The highest BCUT2D eigenvalue weighted by molar-refractivity contribution is 5.97. The van der Waals surface area contributed by atoms with E-state index in [0.29, 0.717) is 6.42 Å². The van der Waals surface area contributed by atoms with Crippen LogP contribution in [0.4, 0.5) is 0 Å². The molecule has 9 heteroatoms. The van der Waals surface area contributed by atoms with Crippen molar-refractivity contribution in [1.82, 2.24) is 0 Å². The van der Waals surface area contributed by atoms with Crippen LogP contribution in [-0.4, -0.2) is 78.7 Å². The van der Waals surface area contributed by atoms with E-state index in [4.69, 9.17) is 4.74 Å². The standard InChI is InChI=1S/C32H48O9/c1-16(33)41-26-23(37)24(32(9,40)21(35)12-13-27(2,3)39)29(6)15-22(36)30(7)18-14-19(34)25(38)28(4,5)17(18)10-11-20(30)31(26,29)8/h10,12-13,18-20,23-26,34,37-40H,11,14-15H2,1-9H3/b13-12+/t18-,19+,20-,23+,24+,25-,26+,29-,30+,31-,32+/m1/s1. The Bertz CT molecular complexity index is 1190. The number of carbonyl (C=O) groups is 3. The van der Waals surface area contributed by atoms with Crippen LogP contribution in [0.1, 0.15) is 81.6 Å². The van der Waals surface area contributed by atoms with Crippen molar-refractivity contribution in [3.63, 3.8) is 0 Å². The summed E-state index contributed by atoms with van der Waals surface area (Å²) in [6.45, 7) is 14.8. The minimum Gasteiger partial charge on any atom is -0.459 e. The van der Waals surface area contributed by atoms with E-state index in [1.165, 1.54) is 33.8 Å². The maximum atomic E-state index is 14.5. The molecule has 3 saturated carbocycles. The third-order valence-corrected chi connectivity index (χ3v) is 11.8. The van der Waals surface area contributed by atoms with Crippen LogP contribution in [0.5, 0.6) is 0 Å². The summed E-state index contributed by atoms with van der Waals surface area (Å²) in [7, 11) is 0. The first-order valence-corrected chi connectivity index (χ1v) is 14.6. The number of ketones is 2. The molecule has 3 fully saturated rings. The molecule has 4 aliphatic rings. The number of hydrogen-bond donors (Lipinski definition) is 5. The van der Waals surface area contributed by atoms with Gasteiger partial charge in [-0.25, -0.2) is 0 Å². The second-order valence-electron chi connectivity index (χ2n) is 15.0. The van der Waals surface area contributed by atoms with E-state index in [-0.39, 0.29) is 18.6 Å². The van der Waals surface area contributed by atoms with Gasteiger partial charge in [-0.2, -0.15) is 0 Å². The zero-order valence-corrected chi connectivity index (χ0v) is 25.8. The normalized spacial score (nSPS) is 45.3. The molecule has 0 radical (unpaired) electrons. The molecule has 0 amide bonds. The molecule has 0 saturated heterocycles. The summed E-state index contributed by atoms with van der Waals surface area (Å²) in [5, 5.41) is 55.5. The lowest BCUT2D eigenvalue weighted by molar-refractivity contribution is -0.200. The van der Waals surface area contributed by atoms with Crippen LogP contribution < -0.4 is 0 Å². The van der Waals surface area contributed by atoms with Gasteiger partial charge >= 0.3 is 5.97 Å². The number of allylic oxidation sites excluding steroid dienone is 1. The summed E-state index contributed by atoms with van der Waals surface area (Å²) < 4.78 is 5.83. The summed E-state index contributed by atoms with van der Waals surface area (Å²) in [6, 6.07) is 0. The first-order chi connectivity index (χ1) is 18.5. The fourth-order valence-corrected chi connectivity index (χ4v) is 9.47. The smallest absolute Gasteiger partial charge is 0.303 e. The number of hydrogen-bond acceptors (Lipinski definition) is 9. The van der Waals surface area contributed by atoms with Crippen molar-refractivity contribution < 1.29 is 44.7 Å². The Morgan fingerprint density at radius 2 is 1.63 bits per heavy atom. The van der Waals surface area contributed by atoms with Crippen molar-refractivity contribution in [1.29, 1.82) is 0 Å². The van der Waals surface area contributed by atoms with E-state index in [1.54, 1.807) is 6.92 Å². The van der Waals surface area contributed by atoms with Gasteiger partial charge in [0, 0.05) is 35.5 Å². The van der Waals surface area contributed by atoms with Crippen molar-refractivity contribution in [2.75, 3.05) is 0 Å². The van der Waals surface area contributed by atoms with Gasteiger partial charge in [0.25, 0.3) is 0 Å². The van der Waals surface area contributed by atoms with E-state index in [0.717, 1.165) is 11.6 Å². The molecule has 0 spiro atoms. The highest BCUT2D eigenvalue weighted by atomic mass is 16.6. The van der Waals surface area contributed by atoms with Gasteiger partial charge < -0.3 is 30.3 Å². The Hall–Kier alpha value is -1.91. The Balaban J connectivity index is 1.91. The minimum absolute atomic E-state index is 0.0997. The number of Topliss-reactive ketones (excluding diaryl/α,β-unsaturated/α-hetero) is 1. The number of aliphatic hydroxyl groups is 5. The topological polar surface area (TPSA) is 162 Å². The molecule has 9 nitrogen and oxygen atoms in total. The monoisotopic (exact) mass is 576 g/mol. The molecule has 0 aliphatic heterocycles. The van der Waals surface area contributed by atoms with E-state index >= 15 is 0 Å². The van der Waals surface area contributed by atoms with Crippen molar-refractivity contribution in [3.8, 4) is 0 Å². The molecular weight excluding hydrogens is 528 g/mol. The van der Waals surface area contributed by atoms with Gasteiger partial charge in [-0.1, -0.05) is 52.3 Å². The van der Waals surface area contributed by atoms with E-state index in [1.807, 2.05) is 33.8 Å². The fourth-order valence-electron chi connectivity index (χ4n) is 9.47. The maximum Gasteiger partial charge on any atom is 0.303 e. The number of rotatable bonds is 5. The van der Waals surface area contributed by atoms with Crippen LogP contribution >= 0.6 is 0 Å². The Morgan fingerprint density at radius 3 is 2.17 bits per heavy atom. The average molecular weight is 577 g/mol. The number of aliphatic hydroxyl groups excluding tert-OH is 3. The highest BCUT2D eigenvalue weighted by Crippen LogP contribution is 2.74. The first kappa shape index (κ1) is 32.0. The number of ether oxygens (including phenoxy) is 1. The molecule has 0 bridgehead atoms. The third-order valence-electron chi connectivity index (χ3n) is 11.8. The largest absolute Gasteiger partial charge is 0.459 e. The maximum absolute atomic E-state index is 14.5. The highest BCUT2D eigenvalue weighted by Gasteiger charge is 2.78. The van der Waals surface area contributed by atoms with Crippen LogP contribution in [-0.2, 0) is 19.1 Å². The van der Waals surface area contributed by atoms with Crippen molar-refractivity contribution in [3.05, 3.63) is 23.8 Å². The summed E-state index contributed by atoms with van der Waals surface area (Å²) in [4.78, 5) is 40.3. The lowest BCUT2D eigenvalue weighted by atomic mass is 9.38. The second-order valence-corrected chi connectivity index (χ2v) is 15.0. The number of fused-ring (bicyclic) bond motifs is 5. The van der Waals surface area contributed by atoms with Gasteiger partial charge in [-0.15, -0.1) is 0 Å². The lowest BCUT2D eigenvalue weighted by Gasteiger charge is -2.65. The van der Waals surface area contributed by atoms with Crippen molar-refractivity contribution in [2.24, 2.45) is 39.4 Å². The zero-order chi connectivity index (χ0) is 31.3. The summed E-state index contributed by atoms with van der Waals surface area (Å²) in [6.07, 6.45) is 0.214. The molecule has 0 unspecified atom stereocenters. The molecule has 4 aliphatic carbocycles. The van der Waals surface area contributed by atoms with Gasteiger partial charge in [0.1, 0.15) is 17.5 Å². The molecular formula is C32H48O9. The van der Waals surface area contributed by atoms with Gasteiger partial charge in [-0.05, 0) is 56.9 Å². The van der Waals surface area contributed by atoms with Crippen molar-refractivity contribution >= 4 is 17.5 Å². The first-order valence-electron chi connectivity index (χ1n) is 14.6. The van der Waals surface area contributed by atoms with Crippen LogP contribution in [0.25, 0.3) is 0 Å². The molecule has 0 aromatic heterocycles. The molecule has 0 aromatic rings. The summed E-state index contributed by atoms with van der Waals surface area (Å²) >= 11 is 0. The summed E-state index contributed by atoms with van der Waals surface area (Å²) in [5.74, 6) is -3.54. The Labute approximate surface area is 242 Å². The third kappa shape index (κ3) is 4.33. The van der Waals surface area contributed by atoms with Crippen LogP contribution in [0.3, 0.4) is 0 Å². The molecule has 0 aromatic carbocycles. The fraction of sp³-hybridized carbons (Fsp3) is 0.781. The number of carbonyl (C=O) groups excluding carboxylic acids is 3. The van der Waals surface area contributed by atoms with Gasteiger partial charge in [0.05, 0.1) is 23.9 Å². The SMILES string of the molecule is CC(=O)O[C@H]1[C@@H](O)[C@H]([C@@](C)(O)C(=O)/C=C/C(C)(C)O)[C@@]2(C)CC(=O)[C@@]3(C)[C@@H]4C[C@H](O)[C@@H](O)C(C)(C)C4=CC[C@H]3[C@]12C. The Morgan fingerprint density at radius 1 is 1.05 bits per heavy atom. The predicted molar refractivity (Wildman–Crippen MR) is 150 cm³/mol. The zero-order valence-electron chi connectivity index (χ0n) is 25.8. The molecule has 230 valence electrons. The van der Waals surface area contributed by atoms with Gasteiger partial charge in [0.2, 0.25) is 0 Å². The quantitative estimate of drug-likeness (QED) is 0.188. The van der Waals surface area contributed by atoms with E-state index in [9.17, 15) is 39.9 Å². The van der Waals surface area contributed by atoms with Gasteiger partial charge in [0.15, 0.2) is 5.78 Å². The predicted octanol–water partition coefficient (Wildman–Crippen LogP) is 2.26. The Kier molecular flexibility index (Phi) is 7.45. The molecule has 41 heavy (non-hydrogen) atoms. The molecule has 11 atom stereocenters. The molecule has 4 rings (SSSR count). The van der Waals surface area contributed by atoms with Crippen LogP contribution in [0.2, 0.25) is 0 Å². The van der Waals surface area contributed by atoms with Crippen LogP contribution in [0, 0.1) is 39.4 Å².